The zero-order chi connectivity index (χ0) is 19.4. The second kappa shape index (κ2) is 11.3. The Bertz CT molecular complexity index is 867. The molecule has 0 fully saturated rings. The van der Waals surface area contributed by atoms with E-state index in [1.54, 1.807) is 0 Å². The summed E-state index contributed by atoms with van der Waals surface area (Å²) in [4.78, 5) is 4.68. The molecule has 0 radical (unpaired) electrons. The molecule has 1 heterocycles. The summed E-state index contributed by atoms with van der Waals surface area (Å²) in [6, 6.07) is 20.6. The van der Waals surface area contributed by atoms with E-state index in [4.69, 9.17) is 4.74 Å². The highest BCUT2D eigenvalue weighted by Gasteiger charge is 1.97. The van der Waals surface area contributed by atoms with Gasteiger partial charge in [0.25, 0.3) is 0 Å². The van der Waals surface area contributed by atoms with Crippen LogP contribution in [0.2, 0.25) is 0 Å². The smallest absolute Gasteiger partial charge is 0.119 e. The molecule has 2 aromatic carbocycles. The van der Waals surface area contributed by atoms with Crippen LogP contribution in [0.15, 0.2) is 60.7 Å². The summed E-state index contributed by atoms with van der Waals surface area (Å²) >= 11 is 0. The molecule has 0 atom stereocenters. The van der Waals surface area contributed by atoms with Crippen LogP contribution in [0.5, 0.6) is 5.75 Å². The van der Waals surface area contributed by atoms with Gasteiger partial charge in [0, 0.05) is 5.39 Å². The maximum atomic E-state index is 5.86. The summed E-state index contributed by atoms with van der Waals surface area (Å²) in [7, 11) is 0. The lowest BCUT2D eigenvalue weighted by Crippen LogP contribution is -1.97. The first kappa shape index (κ1) is 20.1. The second-order valence-corrected chi connectivity index (χ2v) is 7.30. The Labute approximate surface area is 169 Å². The monoisotopic (exact) mass is 373 g/mol. The molecule has 1 aromatic heterocycles. The largest absolute Gasteiger partial charge is 0.494 e. The van der Waals surface area contributed by atoms with Crippen molar-refractivity contribution in [2.24, 2.45) is 0 Å². The average Bonchev–Trinajstić information content (AvgIpc) is 2.75. The van der Waals surface area contributed by atoms with Crippen molar-refractivity contribution in [3.05, 3.63) is 71.9 Å². The zero-order valence-electron chi connectivity index (χ0n) is 16.9. The first-order valence-corrected chi connectivity index (χ1v) is 10.6. The van der Waals surface area contributed by atoms with Crippen LogP contribution >= 0.6 is 0 Å². The number of hydrogen-bond acceptors (Lipinski definition) is 2. The van der Waals surface area contributed by atoms with E-state index in [0.29, 0.717) is 0 Å². The summed E-state index contributed by atoms with van der Waals surface area (Å²) in [6.45, 7) is 3.07. The van der Waals surface area contributed by atoms with Crippen LogP contribution in [-0.2, 0) is 0 Å². The Morgan fingerprint density at radius 2 is 1.50 bits per heavy atom. The number of benzene rings is 2. The molecule has 146 valence electrons. The maximum absolute atomic E-state index is 5.86. The molecule has 28 heavy (non-hydrogen) atoms. The third-order valence-electron chi connectivity index (χ3n) is 4.96. The quantitative estimate of drug-likeness (QED) is 0.324. The predicted octanol–water partition coefficient (Wildman–Crippen LogP) is 7.53. The molecule has 0 N–H and O–H groups in total. The third kappa shape index (κ3) is 6.53. The lowest BCUT2D eigenvalue weighted by molar-refractivity contribution is 0.304. The molecule has 0 amide bonds. The molecule has 3 rings (SSSR count). The molecule has 3 aromatic rings. The van der Waals surface area contributed by atoms with Gasteiger partial charge in [0.05, 0.1) is 17.8 Å². The van der Waals surface area contributed by atoms with E-state index in [-0.39, 0.29) is 0 Å². The first-order valence-electron chi connectivity index (χ1n) is 10.6. The van der Waals surface area contributed by atoms with Gasteiger partial charge in [-0.1, -0.05) is 87.9 Å². The van der Waals surface area contributed by atoms with E-state index >= 15 is 0 Å². The first-order chi connectivity index (χ1) is 13.8. The van der Waals surface area contributed by atoms with Gasteiger partial charge in [-0.3, -0.25) is 0 Å². The Balaban J connectivity index is 1.43. The summed E-state index contributed by atoms with van der Waals surface area (Å²) in [5, 5.41) is 1.17. The van der Waals surface area contributed by atoms with Crippen molar-refractivity contribution in [1.29, 1.82) is 0 Å². The SMILES string of the molecule is CCCCCCCCCOc1ccc(/C=C/c2ccc3ccccc3n2)cc1. The Morgan fingerprint density at radius 1 is 0.750 bits per heavy atom. The summed E-state index contributed by atoms with van der Waals surface area (Å²) < 4.78 is 5.86. The van der Waals surface area contributed by atoms with Gasteiger partial charge in [0.2, 0.25) is 0 Å². The van der Waals surface area contributed by atoms with Gasteiger partial charge in [-0.05, 0) is 42.3 Å². The van der Waals surface area contributed by atoms with Crippen molar-refractivity contribution in [2.75, 3.05) is 6.61 Å². The van der Waals surface area contributed by atoms with Crippen LogP contribution in [0.3, 0.4) is 0 Å². The second-order valence-electron chi connectivity index (χ2n) is 7.30. The molecule has 0 saturated heterocycles. The van der Waals surface area contributed by atoms with E-state index in [0.717, 1.165) is 35.6 Å². The van der Waals surface area contributed by atoms with Crippen molar-refractivity contribution >= 4 is 23.1 Å². The minimum Gasteiger partial charge on any atom is -0.494 e. The van der Waals surface area contributed by atoms with Gasteiger partial charge in [0.1, 0.15) is 5.75 Å². The zero-order valence-corrected chi connectivity index (χ0v) is 16.9. The predicted molar refractivity (Wildman–Crippen MR) is 121 cm³/mol. The van der Waals surface area contributed by atoms with Gasteiger partial charge in [-0.15, -0.1) is 0 Å². The van der Waals surface area contributed by atoms with Crippen molar-refractivity contribution in [3.63, 3.8) is 0 Å². The van der Waals surface area contributed by atoms with Crippen molar-refractivity contribution < 1.29 is 4.74 Å². The number of fused-ring (bicyclic) bond motifs is 1. The molecular weight excluding hydrogens is 342 g/mol. The Morgan fingerprint density at radius 3 is 2.32 bits per heavy atom. The Kier molecular flexibility index (Phi) is 8.11. The number of hydrogen-bond donors (Lipinski definition) is 0. The van der Waals surface area contributed by atoms with Gasteiger partial charge in [-0.25, -0.2) is 4.98 Å². The number of nitrogens with zero attached hydrogens (tertiary/aromatic N) is 1. The molecule has 0 aliphatic carbocycles. The summed E-state index contributed by atoms with van der Waals surface area (Å²) in [5.74, 6) is 0.951. The average molecular weight is 374 g/mol. The van der Waals surface area contributed by atoms with Crippen LogP contribution in [0, 0.1) is 0 Å². The number of rotatable bonds is 11. The minimum absolute atomic E-state index is 0.809. The van der Waals surface area contributed by atoms with Gasteiger partial charge in [-0.2, -0.15) is 0 Å². The topological polar surface area (TPSA) is 22.1 Å². The number of aromatic nitrogens is 1. The molecule has 0 saturated carbocycles. The van der Waals surface area contributed by atoms with E-state index in [1.807, 2.05) is 18.2 Å². The van der Waals surface area contributed by atoms with Crippen LogP contribution in [-0.4, -0.2) is 11.6 Å². The van der Waals surface area contributed by atoms with Gasteiger partial charge >= 0.3 is 0 Å². The van der Waals surface area contributed by atoms with E-state index < -0.39 is 0 Å². The van der Waals surface area contributed by atoms with Gasteiger partial charge < -0.3 is 4.74 Å². The van der Waals surface area contributed by atoms with Crippen molar-refractivity contribution in [2.45, 2.75) is 51.9 Å². The fourth-order valence-electron chi connectivity index (χ4n) is 3.28. The van der Waals surface area contributed by atoms with E-state index in [9.17, 15) is 0 Å². The fraction of sp³-hybridized carbons (Fsp3) is 0.346. The van der Waals surface area contributed by atoms with Crippen molar-refractivity contribution in [1.82, 2.24) is 4.98 Å². The highest BCUT2D eigenvalue weighted by molar-refractivity contribution is 5.80. The van der Waals surface area contributed by atoms with Gasteiger partial charge in [0.15, 0.2) is 0 Å². The highest BCUT2D eigenvalue weighted by Crippen LogP contribution is 2.17. The fourth-order valence-corrected chi connectivity index (χ4v) is 3.28. The molecule has 0 bridgehead atoms. The molecule has 0 aliphatic heterocycles. The number of pyridine rings is 1. The van der Waals surface area contributed by atoms with E-state index in [2.05, 4.69) is 66.5 Å². The van der Waals surface area contributed by atoms with Crippen LogP contribution in [0.4, 0.5) is 0 Å². The third-order valence-corrected chi connectivity index (χ3v) is 4.96. The molecule has 0 aliphatic rings. The van der Waals surface area contributed by atoms with E-state index in [1.165, 1.54) is 43.9 Å². The summed E-state index contributed by atoms with van der Waals surface area (Å²) in [5.41, 5.74) is 3.15. The van der Waals surface area contributed by atoms with Crippen molar-refractivity contribution in [3.8, 4) is 5.75 Å². The molecule has 2 heteroatoms. The minimum atomic E-state index is 0.809. The lowest BCUT2D eigenvalue weighted by atomic mass is 10.1. The molecule has 0 unspecified atom stereocenters. The highest BCUT2D eigenvalue weighted by atomic mass is 16.5. The number of ether oxygens (including phenoxy) is 1. The lowest BCUT2D eigenvalue weighted by Gasteiger charge is -2.06. The van der Waals surface area contributed by atoms with Crippen LogP contribution in [0.25, 0.3) is 23.1 Å². The van der Waals surface area contributed by atoms with Crippen LogP contribution in [0.1, 0.15) is 63.1 Å². The molecular formula is C26H31NO. The standard InChI is InChI=1S/C26H31NO/c1-2-3-4-5-6-7-10-21-28-25-19-14-22(15-20-25)13-17-24-18-16-23-11-8-9-12-26(23)27-24/h8-9,11-20H,2-7,10,21H2,1H3/b17-13+. The Hall–Kier alpha value is -2.61. The summed E-state index contributed by atoms with van der Waals surface area (Å²) in [6.07, 6.45) is 13.3. The number of unbranched alkanes of at least 4 members (excludes halogenated alkanes) is 6. The normalized spacial score (nSPS) is 11.3. The number of para-hydroxylation sites is 1. The maximum Gasteiger partial charge on any atom is 0.119 e. The van der Waals surface area contributed by atoms with Crippen LogP contribution < -0.4 is 4.74 Å². The molecule has 2 nitrogen and oxygen atoms in total. The molecule has 0 spiro atoms.